The molecule has 0 saturated carbocycles. The molecule has 0 aromatic heterocycles. The van der Waals surface area contributed by atoms with Crippen molar-refractivity contribution in [1.29, 1.82) is 0 Å². The lowest BCUT2D eigenvalue weighted by Crippen LogP contribution is -2.57. The highest BCUT2D eigenvalue weighted by molar-refractivity contribution is 7.99. The molecule has 2 atom stereocenters. The first-order valence-corrected chi connectivity index (χ1v) is 8.66. The van der Waals surface area contributed by atoms with Crippen LogP contribution in [0.5, 0.6) is 0 Å². The van der Waals surface area contributed by atoms with Gasteiger partial charge in [0, 0.05) is 37.5 Å². The first-order chi connectivity index (χ1) is 8.52. The Balaban J connectivity index is 2.38. The van der Waals surface area contributed by atoms with Crippen molar-refractivity contribution >= 4 is 11.8 Å². The third-order valence-corrected chi connectivity index (χ3v) is 4.76. The lowest BCUT2D eigenvalue weighted by molar-refractivity contribution is 0.126. The molecule has 1 rings (SSSR count). The number of rotatable bonds is 7. The van der Waals surface area contributed by atoms with Crippen LogP contribution >= 0.6 is 11.8 Å². The minimum atomic E-state index is 0.705. The van der Waals surface area contributed by atoms with E-state index in [0.717, 1.165) is 17.2 Å². The minimum Gasteiger partial charge on any atom is -0.311 e. The van der Waals surface area contributed by atoms with E-state index in [-0.39, 0.29) is 0 Å². The summed E-state index contributed by atoms with van der Waals surface area (Å²) < 4.78 is 0. The van der Waals surface area contributed by atoms with Crippen LogP contribution in [-0.4, -0.2) is 47.6 Å². The summed E-state index contributed by atoms with van der Waals surface area (Å²) >= 11 is 2.09. The van der Waals surface area contributed by atoms with E-state index in [1.807, 2.05) is 0 Å². The molecule has 0 amide bonds. The van der Waals surface area contributed by atoms with E-state index in [1.54, 1.807) is 0 Å². The molecule has 0 aromatic carbocycles. The zero-order valence-corrected chi connectivity index (χ0v) is 13.7. The second-order valence-corrected chi connectivity index (χ2v) is 7.90. The van der Waals surface area contributed by atoms with Crippen LogP contribution in [0, 0.1) is 5.92 Å². The molecule has 0 bridgehead atoms. The molecule has 2 nitrogen and oxygen atoms in total. The molecule has 108 valence electrons. The van der Waals surface area contributed by atoms with Crippen LogP contribution in [0.2, 0.25) is 0 Å². The van der Waals surface area contributed by atoms with Gasteiger partial charge in [0.05, 0.1) is 0 Å². The van der Waals surface area contributed by atoms with E-state index in [2.05, 4.69) is 56.6 Å². The van der Waals surface area contributed by atoms with E-state index in [9.17, 15) is 0 Å². The predicted octanol–water partition coefficient (Wildman–Crippen LogP) is 3.23. The lowest BCUT2D eigenvalue weighted by atomic mass is 9.99. The Hall–Kier alpha value is 0.270. The van der Waals surface area contributed by atoms with Crippen molar-refractivity contribution in [3.63, 3.8) is 0 Å². The summed E-state index contributed by atoms with van der Waals surface area (Å²) in [6.07, 6.45) is 2.58. The molecule has 1 fully saturated rings. The molecule has 0 aliphatic carbocycles. The molecule has 0 aromatic rings. The van der Waals surface area contributed by atoms with Gasteiger partial charge in [-0.25, -0.2) is 0 Å². The fourth-order valence-corrected chi connectivity index (χ4v) is 3.55. The number of hydrogen-bond donors (Lipinski definition) is 1. The largest absolute Gasteiger partial charge is 0.311 e. The quantitative estimate of drug-likeness (QED) is 0.766. The van der Waals surface area contributed by atoms with Gasteiger partial charge in [0.1, 0.15) is 0 Å². The van der Waals surface area contributed by atoms with Crippen LogP contribution < -0.4 is 5.32 Å². The summed E-state index contributed by atoms with van der Waals surface area (Å²) in [5.74, 6) is 2.08. The van der Waals surface area contributed by atoms with Crippen molar-refractivity contribution in [1.82, 2.24) is 10.2 Å². The molecular weight excluding hydrogens is 240 g/mol. The molecule has 1 heterocycles. The number of thioether (sulfide) groups is 1. The van der Waals surface area contributed by atoms with Gasteiger partial charge in [-0.05, 0) is 24.0 Å². The topological polar surface area (TPSA) is 15.3 Å². The average molecular weight is 273 g/mol. The summed E-state index contributed by atoms with van der Waals surface area (Å²) in [5.41, 5.74) is 0. The number of hydrogen-bond acceptors (Lipinski definition) is 3. The van der Waals surface area contributed by atoms with Gasteiger partial charge < -0.3 is 5.32 Å². The van der Waals surface area contributed by atoms with Crippen molar-refractivity contribution < 1.29 is 0 Å². The highest BCUT2D eigenvalue weighted by Gasteiger charge is 2.26. The predicted molar refractivity (Wildman–Crippen MR) is 84.5 cm³/mol. The molecule has 1 saturated heterocycles. The molecule has 0 spiro atoms. The molecule has 1 N–H and O–H groups in total. The molecule has 1 aliphatic heterocycles. The number of nitrogens with one attached hydrogen (secondary N) is 1. The van der Waals surface area contributed by atoms with Crippen LogP contribution in [0.15, 0.2) is 0 Å². The maximum Gasteiger partial charge on any atom is 0.0219 e. The summed E-state index contributed by atoms with van der Waals surface area (Å²) in [7, 11) is 0. The molecular formula is C15H32N2S. The van der Waals surface area contributed by atoms with Crippen molar-refractivity contribution in [2.75, 3.05) is 25.4 Å². The maximum atomic E-state index is 3.73. The third kappa shape index (κ3) is 5.94. The summed E-state index contributed by atoms with van der Waals surface area (Å²) in [5, 5.41) is 4.50. The monoisotopic (exact) mass is 272 g/mol. The Kier molecular flexibility index (Phi) is 7.66. The van der Waals surface area contributed by atoms with Gasteiger partial charge in [0.15, 0.2) is 0 Å². The summed E-state index contributed by atoms with van der Waals surface area (Å²) in [6, 6.07) is 1.46. The molecule has 2 unspecified atom stereocenters. The highest BCUT2D eigenvalue weighted by Crippen LogP contribution is 2.17. The van der Waals surface area contributed by atoms with E-state index in [0.29, 0.717) is 6.04 Å². The van der Waals surface area contributed by atoms with Gasteiger partial charge in [0.25, 0.3) is 0 Å². The summed E-state index contributed by atoms with van der Waals surface area (Å²) in [6.45, 7) is 15.2. The normalized spacial score (nSPS) is 26.2. The van der Waals surface area contributed by atoms with Gasteiger partial charge >= 0.3 is 0 Å². The Morgan fingerprint density at radius 1 is 1.28 bits per heavy atom. The Bertz CT molecular complexity index is 219. The van der Waals surface area contributed by atoms with Crippen LogP contribution in [0.4, 0.5) is 0 Å². The van der Waals surface area contributed by atoms with Gasteiger partial charge in [-0.2, -0.15) is 11.8 Å². The number of piperazine rings is 1. The first kappa shape index (κ1) is 16.3. The molecule has 3 heteroatoms. The van der Waals surface area contributed by atoms with Crippen molar-refractivity contribution in [2.24, 2.45) is 5.92 Å². The number of nitrogens with zero attached hydrogens (tertiary/aromatic N) is 1. The Morgan fingerprint density at radius 2 is 2.00 bits per heavy atom. The lowest BCUT2D eigenvalue weighted by Gasteiger charge is -2.40. The van der Waals surface area contributed by atoms with Gasteiger partial charge in [-0.3, -0.25) is 4.90 Å². The van der Waals surface area contributed by atoms with Gasteiger partial charge in [-0.15, -0.1) is 0 Å². The fourth-order valence-electron chi connectivity index (χ4n) is 2.74. The molecule has 18 heavy (non-hydrogen) atoms. The minimum absolute atomic E-state index is 0.705. The SMILES string of the molecule is CCC1CNC(CC(C)C)CN1CCSC(C)C. The second-order valence-electron chi connectivity index (χ2n) is 6.21. The van der Waals surface area contributed by atoms with Crippen LogP contribution in [0.1, 0.15) is 47.5 Å². The highest BCUT2D eigenvalue weighted by atomic mass is 32.2. The Morgan fingerprint density at radius 3 is 2.56 bits per heavy atom. The third-order valence-electron chi connectivity index (χ3n) is 3.67. The van der Waals surface area contributed by atoms with E-state index < -0.39 is 0 Å². The summed E-state index contributed by atoms with van der Waals surface area (Å²) in [4.78, 5) is 2.72. The molecule has 0 radical (unpaired) electrons. The second kappa shape index (κ2) is 8.44. The smallest absolute Gasteiger partial charge is 0.0219 e. The van der Waals surface area contributed by atoms with Gasteiger partial charge in [0.2, 0.25) is 0 Å². The van der Waals surface area contributed by atoms with Crippen molar-refractivity contribution in [3.8, 4) is 0 Å². The van der Waals surface area contributed by atoms with Crippen LogP contribution in [-0.2, 0) is 0 Å². The fraction of sp³-hybridized carbons (Fsp3) is 1.00. The average Bonchev–Trinajstić information content (AvgIpc) is 2.28. The zero-order valence-electron chi connectivity index (χ0n) is 12.9. The van der Waals surface area contributed by atoms with Gasteiger partial charge in [-0.1, -0.05) is 34.6 Å². The van der Waals surface area contributed by atoms with E-state index in [1.165, 1.54) is 38.2 Å². The maximum absolute atomic E-state index is 3.73. The standard InChI is InChI=1S/C15H32N2S/c1-6-15-10-16-14(9-12(2)3)11-17(15)7-8-18-13(4)5/h12-16H,6-11H2,1-5H3. The van der Waals surface area contributed by atoms with Crippen LogP contribution in [0.25, 0.3) is 0 Å². The molecule has 1 aliphatic rings. The van der Waals surface area contributed by atoms with E-state index >= 15 is 0 Å². The van der Waals surface area contributed by atoms with Crippen molar-refractivity contribution in [2.45, 2.75) is 64.8 Å². The first-order valence-electron chi connectivity index (χ1n) is 7.62. The van der Waals surface area contributed by atoms with Crippen molar-refractivity contribution in [3.05, 3.63) is 0 Å². The zero-order chi connectivity index (χ0) is 13.5. The van der Waals surface area contributed by atoms with E-state index in [4.69, 9.17) is 0 Å². The van der Waals surface area contributed by atoms with Crippen LogP contribution in [0.3, 0.4) is 0 Å². The Labute approximate surface area is 118 Å².